The van der Waals surface area contributed by atoms with Crippen LogP contribution in [0.25, 0.3) is 0 Å². The van der Waals surface area contributed by atoms with Crippen molar-refractivity contribution in [1.82, 2.24) is 14.9 Å². The highest BCUT2D eigenvalue weighted by atomic mass is 35.5. The van der Waals surface area contributed by atoms with Gasteiger partial charge >= 0.3 is 6.09 Å². The third-order valence-corrected chi connectivity index (χ3v) is 4.35. The molecule has 1 fully saturated rings. The van der Waals surface area contributed by atoms with Gasteiger partial charge in [-0.25, -0.2) is 9.78 Å². The van der Waals surface area contributed by atoms with Gasteiger partial charge in [0.25, 0.3) is 0 Å². The Balaban J connectivity index is 1.65. The van der Waals surface area contributed by atoms with Crippen LogP contribution in [0.4, 0.5) is 4.79 Å². The van der Waals surface area contributed by atoms with E-state index in [0.717, 1.165) is 38.8 Å². The molecule has 6 nitrogen and oxygen atoms in total. The predicted octanol–water partition coefficient (Wildman–Crippen LogP) is 4.07. The first-order valence-electron chi connectivity index (χ1n) is 8.86. The van der Waals surface area contributed by atoms with Crippen LogP contribution in [0.2, 0.25) is 5.15 Å². The van der Waals surface area contributed by atoms with E-state index >= 15 is 0 Å². The number of rotatable bonds is 6. The molecule has 1 atom stereocenters. The molecule has 0 saturated carbocycles. The number of hydrogen-bond donors (Lipinski definition) is 0. The normalized spacial score (nSPS) is 18.2. The topological polar surface area (TPSA) is 64.5 Å². The average molecular weight is 370 g/mol. The lowest BCUT2D eigenvalue weighted by Crippen LogP contribution is -2.42. The van der Waals surface area contributed by atoms with E-state index in [2.05, 4.69) is 9.97 Å². The van der Waals surface area contributed by atoms with Crippen LogP contribution in [0, 0.1) is 5.92 Å². The molecule has 1 saturated heterocycles. The second-order valence-corrected chi connectivity index (χ2v) is 7.78. The molecule has 25 heavy (non-hydrogen) atoms. The number of hydrogen-bond acceptors (Lipinski definition) is 5. The van der Waals surface area contributed by atoms with E-state index in [9.17, 15) is 4.79 Å². The van der Waals surface area contributed by atoms with E-state index in [1.807, 2.05) is 25.7 Å². The fourth-order valence-corrected chi connectivity index (χ4v) is 3.04. The summed E-state index contributed by atoms with van der Waals surface area (Å²) in [7, 11) is 0. The number of carbonyl (C=O) groups excluding carboxylic acids is 1. The average Bonchev–Trinajstić information content (AvgIpc) is 2.55. The molecule has 0 aromatic carbocycles. The van der Waals surface area contributed by atoms with Gasteiger partial charge in [-0.05, 0) is 52.4 Å². The molecule has 0 radical (unpaired) electrons. The minimum Gasteiger partial charge on any atom is -0.444 e. The van der Waals surface area contributed by atoms with Gasteiger partial charge in [0.2, 0.25) is 0 Å². The van der Waals surface area contributed by atoms with Gasteiger partial charge in [0.1, 0.15) is 11.3 Å². The van der Waals surface area contributed by atoms with Gasteiger partial charge in [0.15, 0.2) is 5.15 Å². The van der Waals surface area contributed by atoms with Crippen LogP contribution in [-0.4, -0.2) is 46.3 Å². The first-order chi connectivity index (χ1) is 11.8. The van der Waals surface area contributed by atoms with Crippen LogP contribution >= 0.6 is 11.6 Å². The molecule has 0 aliphatic carbocycles. The summed E-state index contributed by atoms with van der Waals surface area (Å²) in [6.45, 7) is 8.27. The standard InChI is InChI=1S/C18H28ClN3O3/c1-18(2,3)25-17(23)22-10-4-6-14(12-22)7-5-11-24-13-15-16(19)21-9-8-20-15/h8-9,14H,4-7,10-13H2,1-3H3. The zero-order chi connectivity index (χ0) is 18.3. The molecule has 1 aliphatic rings. The highest BCUT2D eigenvalue weighted by molar-refractivity contribution is 6.29. The largest absolute Gasteiger partial charge is 0.444 e. The van der Waals surface area contributed by atoms with E-state index in [-0.39, 0.29) is 6.09 Å². The molecule has 0 N–H and O–H groups in total. The van der Waals surface area contributed by atoms with Crippen molar-refractivity contribution in [3.05, 3.63) is 23.2 Å². The zero-order valence-corrected chi connectivity index (χ0v) is 16.1. The third-order valence-electron chi connectivity index (χ3n) is 4.03. The van der Waals surface area contributed by atoms with Gasteiger partial charge in [-0.15, -0.1) is 0 Å². The minimum atomic E-state index is -0.445. The second kappa shape index (κ2) is 9.34. The maximum absolute atomic E-state index is 12.2. The number of aromatic nitrogens is 2. The van der Waals surface area contributed by atoms with Crippen LogP contribution in [0.3, 0.4) is 0 Å². The Hall–Kier alpha value is -1.40. The summed E-state index contributed by atoms with van der Waals surface area (Å²) >= 11 is 5.95. The summed E-state index contributed by atoms with van der Waals surface area (Å²) in [5.74, 6) is 0.505. The van der Waals surface area contributed by atoms with Crippen LogP contribution in [-0.2, 0) is 16.1 Å². The molecule has 0 spiro atoms. The number of nitrogens with zero attached hydrogens (tertiary/aromatic N) is 3. The maximum Gasteiger partial charge on any atom is 0.410 e. The summed E-state index contributed by atoms with van der Waals surface area (Å²) in [5, 5.41) is 0.391. The predicted molar refractivity (Wildman–Crippen MR) is 96.5 cm³/mol. The zero-order valence-electron chi connectivity index (χ0n) is 15.3. The van der Waals surface area contributed by atoms with Crippen LogP contribution < -0.4 is 0 Å². The Morgan fingerprint density at radius 2 is 2.12 bits per heavy atom. The number of likely N-dealkylation sites (tertiary alicyclic amines) is 1. The molecule has 1 unspecified atom stereocenters. The number of amides is 1. The van der Waals surface area contributed by atoms with Crippen molar-refractivity contribution < 1.29 is 14.3 Å². The number of halogens is 1. The summed E-state index contributed by atoms with van der Waals surface area (Å²) in [4.78, 5) is 22.1. The minimum absolute atomic E-state index is 0.203. The SMILES string of the molecule is CC(C)(C)OC(=O)N1CCCC(CCCOCc2nccnc2Cl)C1. The van der Waals surface area contributed by atoms with Crippen molar-refractivity contribution in [2.75, 3.05) is 19.7 Å². The molecule has 2 rings (SSSR count). The summed E-state index contributed by atoms with van der Waals surface area (Å²) in [6.07, 6.45) is 7.13. The lowest BCUT2D eigenvalue weighted by molar-refractivity contribution is 0.0155. The smallest absolute Gasteiger partial charge is 0.410 e. The van der Waals surface area contributed by atoms with Crippen molar-refractivity contribution in [1.29, 1.82) is 0 Å². The fraction of sp³-hybridized carbons (Fsp3) is 0.722. The first kappa shape index (κ1) is 19.9. The summed E-state index contributed by atoms with van der Waals surface area (Å²) in [5.41, 5.74) is 0.220. The van der Waals surface area contributed by atoms with E-state index in [1.165, 1.54) is 0 Å². The summed E-state index contributed by atoms with van der Waals surface area (Å²) < 4.78 is 11.1. The van der Waals surface area contributed by atoms with Gasteiger partial charge in [0, 0.05) is 32.1 Å². The summed E-state index contributed by atoms with van der Waals surface area (Å²) in [6, 6.07) is 0. The molecule has 0 bridgehead atoms. The quantitative estimate of drug-likeness (QED) is 0.707. The third kappa shape index (κ3) is 7.16. The Kier molecular flexibility index (Phi) is 7.44. The van der Waals surface area contributed by atoms with Crippen molar-refractivity contribution in [3.63, 3.8) is 0 Å². The molecular weight excluding hydrogens is 342 g/mol. The molecule has 1 aliphatic heterocycles. The van der Waals surface area contributed by atoms with E-state index < -0.39 is 5.60 Å². The van der Waals surface area contributed by atoms with Crippen LogP contribution in [0.1, 0.15) is 52.1 Å². The Morgan fingerprint density at radius 1 is 1.36 bits per heavy atom. The van der Waals surface area contributed by atoms with Gasteiger partial charge in [-0.3, -0.25) is 4.98 Å². The lowest BCUT2D eigenvalue weighted by Gasteiger charge is -2.34. The van der Waals surface area contributed by atoms with Gasteiger partial charge in [-0.1, -0.05) is 11.6 Å². The van der Waals surface area contributed by atoms with Crippen molar-refractivity contribution in [2.24, 2.45) is 5.92 Å². The Labute approximate surface area is 154 Å². The molecule has 7 heteroatoms. The first-order valence-corrected chi connectivity index (χ1v) is 9.24. The van der Waals surface area contributed by atoms with E-state index in [4.69, 9.17) is 21.1 Å². The van der Waals surface area contributed by atoms with Gasteiger partial charge < -0.3 is 14.4 Å². The lowest BCUT2D eigenvalue weighted by atomic mass is 9.94. The number of ether oxygens (including phenoxy) is 2. The molecular formula is C18H28ClN3O3. The van der Waals surface area contributed by atoms with Gasteiger partial charge in [0.05, 0.1) is 6.61 Å². The van der Waals surface area contributed by atoms with Crippen LogP contribution in [0.15, 0.2) is 12.4 Å². The highest BCUT2D eigenvalue weighted by Gasteiger charge is 2.27. The fourth-order valence-electron chi connectivity index (χ4n) is 2.88. The molecule has 1 aromatic rings. The number of carbonyl (C=O) groups is 1. The van der Waals surface area contributed by atoms with Crippen LogP contribution in [0.5, 0.6) is 0 Å². The van der Waals surface area contributed by atoms with E-state index in [1.54, 1.807) is 12.4 Å². The monoisotopic (exact) mass is 369 g/mol. The number of piperidine rings is 1. The second-order valence-electron chi connectivity index (χ2n) is 7.42. The van der Waals surface area contributed by atoms with E-state index in [0.29, 0.717) is 30.0 Å². The highest BCUT2D eigenvalue weighted by Crippen LogP contribution is 2.23. The Morgan fingerprint density at radius 3 is 2.84 bits per heavy atom. The van der Waals surface area contributed by atoms with Crippen molar-refractivity contribution in [3.8, 4) is 0 Å². The maximum atomic E-state index is 12.2. The molecule has 1 aromatic heterocycles. The Bertz CT molecular complexity index is 563. The van der Waals surface area contributed by atoms with Gasteiger partial charge in [-0.2, -0.15) is 0 Å². The molecule has 140 valence electrons. The molecule has 1 amide bonds. The van der Waals surface area contributed by atoms with Crippen molar-refractivity contribution in [2.45, 2.75) is 58.7 Å². The molecule has 2 heterocycles. The van der Waals surface area contributed by atoms with Crippen molar-refractivity contribution >= 4 is 17.7 Å².